The summed E-state index contributed by atoms with van der Waals surface area (Å²) in [5, 5.41) is 5.75. The molecule has 7 heteroatoms. The van der Waals surface area contributed by atoms with Crippen molar-refractivity contribution in [3.63, 3.8) is 0 Å². The molecule has 0 aliphatic carbocycles. The van der Waals surface area contributed by atoms with Crippen LogP contribution in [0.25, 0.3) is 0 Å². The minimum atomic E-state index is -0.213. The second kappa shape index (κ2) is 8.09. The molecule has 1 aromatic rings. The molecule has 136 valence electrons. The molecule has 1 fully saturated rings. The lowest BCUT2D eigenvalue weighted by Crippen LogP contribution is -2.38. The molecular weight excluding hydrogens is 322 g/mol. The first kappa shape index (κ1) is 17.4. The molecular formula is C18H25N3O4. The lowest BCUT2D eigenvalue weighted by molar-refractivity contribution is -0.127. The number of benzene rings is 1. The summed E-state index contributed by atoms with van der Waals surface area (Å²) >= 11 is 0. The summed E-state index contributed by atoms with van der Waals surface area (Å²) in [6.45, 7) is 5.12. The molecule has 0 unspecified atom stereocenters. The second-order valence-electron chi connectivity index (χ2n) is 6.36. The van der Waals surface area contributed by atoms with Gasteiger partial charge in [0.2, 0.25) is 5.91 Å². The lowest BCUT2D eigenvalue weighted by atomic mass is 10.1. The molecule has 0 radical (unpaired) electrons. The van der Waals surface area contributed by atoms with Crippen LogP contribution in [0.3, 0.4) is 0 Å². The van der Waals surface area contributed by atoms with E-state index in [1.54, 1.807) is 0 Å². The number of likely N-dealkylation sites (tertiary alicyclic amines) is 1. The molecule has 1 aromatic carbocycles. The van der Waals surface area contributed by atoms with Crippen LogP contribution in [0, 0.1) is 0 Å². The van der Waals surface area contributed by atoms with Crippen LogP contribution >= 0.6 is 0 Å². The van der Waals surface area contributed by atoms with Gasteiger partial charge in [-0.1, -0.05) is 6.07 Å². The van der Waals surface area contributed by atoms with Crippen molar-refractivity contribution >= 4 is 11.9 Å². The summed E-state index contributed by atoms with van der Waals surface area (Å²) in [5.41, 5.74) is 0.960. The average Bonchev–Trinajstić information content (AvgIpc) is 3.03. The molecule has 0 aromatic heterocycles. The van der Waals surface area contributed by atoms with E-state index >= 15 is 0 Å². The third-order valence-electron chi connectivity index (χ3n) is 4.48. The van der Waals surface area contributed by atoms with Crippen LogP contribution in [0.1, 0.15) is 37.8 Å². The molecule has 0 saturated carbocycles. The van der Waals surface area contributed by atoms with E-state index in [9.17, 15) is 9.59 Å². The Kier molecular flexibility index (Phi) is 5.63. The zero-order valence-corrected chi connectivity index (χ0v) is 14.5. The van der Waals surface area contributed by atoms with E-state index < -0.39 is 0 Å². The standard InChI is InChI=1S/C18H25N3O4/c1-13(14-5-6-15-16(12-14)25-11-10-24-15)20-18(23)19-7-3-9-21-8-2-4-17(21)22/h5-6,12-13H,2-4,7-11H2,1H3,(H2,19,20,23)/t13-/m1/s1. The van der Waals surface area contributed by atoms with Crippen LogP contribution in [-0.2, 0) is 4.79 Å². The van der Waals surface area contributed by atoms with Crippen LogP contribution in [0.2, 0.25) is 0 Å². The quantitative estimate of drug-likeness (QED) is 0.770. The first-order chi connectivity index (χ1) is 12.1. The average molecular weight is 347 g/mol. The fourth-order valence-electron chi connectivity index (χ4n) is 3.07. The van der Waals surface area contributed by atoms with Crippen LogP contribution in [0.5, 0.6) is 11.5 Å². The van der Waals surface area contributed by atoms with Crippen molar-refractivity contribution in [2.75, 3.05) is 32.8 Å². The van der Waals surface area contributed by atoms with Crippen molar-refractivity contribution in [2.24, 2.45) is 0 Å². The summed E-state index contributed by atoms with van der Waals surface area (Å²) in [4.78, 5) is 25.4. The number of hydrogen-bond donors (Lipinski definition) is 2. The fraction of sp³-hybridized carbons (Fsp3) is 0.556. The molecule has 1 atom stereocenters. The molecule has 3 amide bonds. The SMILES string of the molecule is C[C@@H](NC(=O)NCCCN1CCCC1=O)c1ccc2c(c1)OCCO2. The fourth-order valence-corrected chi connectivity index (χ4v) is 3.07. The smallest absolute Gasteiger partial charge is 0.315 e. The van der Waals surface area contributed by atoms with Gasteiger partial charge in [0.05, 0.1) is 6.04 Å². The maximum atomic E-state index is 12.0. The van der Waals surface area contributed by atoms with Crippen molar-refractivity contribution in [1.82, 2.24) is 15.5 Å². The Hall–Kier alpha value is -2.44. The van der Waals surface area contributed by atoms with Gasteiger partial charge in [-0.15, -0.1) is 0 Å². The first-order valence-electron chi connectivity index (χ1n) is 8.85. The van der Waals surface area contributed by atoms with E-state index in [1.807, 2.05) is 30.0 Å². The molecule has 0 spiro atoms. The monoisotopic (exact) mass is 347 g/mol. The number of amides is 3. The predicted octanol–water partition coefficient (Wildman–Crippen LogP) is 1.83. The highest BCUT2D eigenvalue weighted by Crippen LogP contribution is 2.32. The minimum Gasteiger partial charge on any atom is -0.486 e. The van der Waals surface area contributed by atoms with Crippen LogP contribution in [0.4, 0.5) is 4.79 Å². The van der Waals surface area contributed by atoms with Crippen molar-refractivity contribution in [3.8, 4) is 11.5 Å². The molecule has 25 heavy (non-hydrogen) atoms. The number of fused-ring (bicyclic) bond motifs is 1. The Labute approximate surface area is 147 Å². The van der Waals surface area contributed by atoms with Crippen LogP contribution in [-0.4, -0.2) is 49.7 Å². The molecule has 2 aliphatic rings. The molecule has 2 N–H and O–H groups in total. The highest BCUT2D eigenvalue weighted by molar-refractivity contribution is 5.78. The van der Waals surface area contributed by atoms with Crippen LogP contribution < -0.4 is 20.1 Å². The largest absolute Gasteiger partial charge is 0.486 e. The van der Waals surface area contributed by atoms with Gasteiger partial charge in [-0.3, -0.25) is 4.79 Å². The zero-order valence-electron chi connectivity index (χ0n) is 14.5. The van der Waals surface area contributed by atoms with E-state index in [-0.39, 0.29) is 18.0 Å². The third kappa shape index (κ3) is 4.55. The van der Waals surface area contributed by atoms with Crippen molar-refractivity contribution in [3.05, 3.63) is 23.8 Å². The summed E-state index contributed by atoms with van der Waals surface area (Å²) in [6, 6.07) is 5.34. The van der Waals surface area contributed by atoms with Crippen molar-refractivity contribution < 1.29 is 19.1 Å². The highest BCUT2D eigenvalue weighted by Gasteiger charge is 2.19. The second-order valence-corrected chi connectivity index (χ2v) is 6.36. The lowest BCUT2D eigenvalue weighted by Gasteiger charge is -2.21. The Morgan fingerprint density at radius 1 is 1.28 bits per heavy atom. The summed E-state index contributed by atoms with van der Waals surface area (Å²) in [6.07, 6.45) is 2.36. The molecule has 2 aliphatic heterocycles. The summed E-state index contributed by atoms with van der Waals surface area (Å²) in [7, 11) is 0. The number of carbonyl (C=O) groups is 2. The van der Waals surface area contributed by atoms with Gasteiger partial charge >= 0.3 is 6.03 Å². The van der Waals surface area contributed by atoms with E-state index in [0.29, 0.717) is 38.5 Å². The maximum absolute atomic E-state index is 12.0. The number of carbonyl (C=O) groups excluding carboxylic acids is 2. The maximum Gasteiger partial charge on any atom is 0.315 e. The van der Waals surface area contributed by atoms with E-state index in [1.165, 1.54) is 0 Å². The highest BCUT2D eigenvalue weighted by atomic mass is 16.6. The molecule has 3 rings (SSSR count). The number of ether oxygens (including phenoxy) is 2. The van der Waals surface area contributed by atoms with E-state index in [2.05, 4.69) is 10.6 Å². The number of hydrogen-bond acceptors (Lipinski definition) is 4. The Morgan fingerprint density at radius 2 is 2.08 bits per heavy atom. The normalized spacial score (nSPS) is 17.3. The van der Waals surface area contributed by atoms with Gasteiger partial charge in [-0.25, -0.2) is 4.79 Å². The van der Waals surface area contributed by atoms with Gasteiger partial charge in [0.25, 0.3) is 0 Å². The number of urea groups is 1. The number of nitrogens with zero attached hydrogens (tertiary/aromatic N) is 1. The number of nitrogens with one attached hydrogen (secondary N) is 2. The predicted molar refractivity (Wildman–Crippen MR) is 92.8 cm³/mol. The van der Waals surface area contributed by atoms with Crippen molar-refractivity contribution in [2.45, 2.75) is 32.2 Å². The topological polar surface area (TPSA) is 79.9 Å². The van der Waals surface area contributed by atoms with Crippen LogP contribution in [0.15, 0.2) is 18.2 Å². The van der Waals surface area contributed by atoms with Gasteiger partial charge in [0.1, 0.15) is 13.2 Å². The molecule has 7 nitrogen and oxygen atoms in total. The Bertz CT molecular complexity index is 635. The van der Waals surface area contributed by atoms with Gasteiger partial charge in [-0.05, 0) is 37.5 Å². The number of rotatable bonds is 6. The molecule has 1 saturated heterocycles. The van der Waals surface area contributed by atoms with E-state index in [4.69, 9.17) is 9.47 Å². The van der Waals surface area contributed by atoms with Gasteiger partial charge in [0.15, 0.2) is 11.5 Å². The minimum absolute atomic E-state index is 0.143. The van der Waals surface area contributed by atoms with Crippen molar-refractivity contribution in [1.29, 1.82) is 0 Å². The third-order valence-corrected chi connectivity index (χ3v) is 4.48. The zero-order chi connectivity index (χ0) is 17.6. The van der Waals surface area contributed by atoms with Gasteiger partial charge in [-0.2, -0.15) is 0 Å². The molecule has 0 bridgehead atoms. The summed E-state index contributed by atoms with van der Waals surface area (Å²) in [5.74, 6) is 1.67. The Morgan fingerprint density at radius 3 is 2.84 bits per heavy atom. The Balaban J connectivity index is 1.40. The van der Waals surface area contributed by atoms with E-state index in [0.717, 1.165) is 30.7 Å². The molecule has 2 heterocycles. The first-order valence-corrected chi connectivity index (χ1v) is 8.85. The van der Waals surface area contributed by atoms with Gasteiger partial charge < -0.3 is 25.0 Å². The van der Waals surface area contributed by atoms with Gasteiger partial charge in [0, 0.05) is 26.1 Å². The summed E-state index contributed by atoms with van der Waals surface area (Å²) < 4.78 is 11.1.